The zero-order chi connectivity index (χ0) is 15.4. The van der Waals surface area contributed by atoms with Gasteiger partial charge in [-0.2, -0.15) is 8.78 Å². The maximum absolute atomic E-state index is 12.4. The maximum atomic E-state index is 12.4. The van der Waals surface area contributed by atoms with Gasteiger partial charge in [0.15, 0.2) is 11.5 Å². The van der Waals surface area contributed by atoms with Crippen LogP contribution in [0.25, 0.3) is 0 Å². The van der Waals surface area contributed by atoms with Gasteiger partial charge in [0.1, 0.15) is 0 Å². The smallest absolute Gasteiger partial charge is 0.387 e. The van der Waals surface area contributed by atoms with Crippen LogP contribution in [0, 0.1) is 0 Å². The van der Waals surface area contributed by atoms with Crippen LogP contribution in [0.5, 0.6) is 11.5 Å². The van der Waals surface area contributed by atoms with Gasteiger partial charge >= 0.3 is 6.61 Å². The molecule has 0 aliphatic carbocycles. The SMILES string of the molecule is COc1ccc(C(=O)N2CCCC2CN)cc1OC(F)F. The number of hydrogen-bond donors (Lipinski definition) is 1. The van der Waals surface area contributed by atoms with Crippen LogP contribution in [0.1, 0.15) is 23.2 Å². The molecule has 116 valence electrons. The van der Waals surface area contributed by atoms with Gasteiger partial charge in [-0.05, 0) is 31.0 Å². The summed E-state index contributed by atoms with van der Waals surface area (Å²) in [6.45, 7) is -1.96. The van der Waals surface area contributed by atoms with Crippen LogP contribution >= 0.6 is 0 Å². The number of likely N-dealkylation sites (tertiary alicyclic amines) is 1. The Bertz CT molecular complexity index is 511. The van der Waals surface area contributed by atoms with Gasteiger partial charge in [-0.1, -0.05) is 0 Å². The number of ether oxygens (including phenoxy) is 2. The summed E-state index contributed by atoms with van der Waals surface area (Å²) in [5.41, 5.74) is 5.93. The Labute approximate surface area is 121 Å². The van der Waals surface area contributed by atoms with Gasteiger partial charge in [0.05, 0.1) is 7.11 Å². The molecule has 1 unspecified atom stereocenters. The number of carbonyl (C=O) groups excluding carboxylic acids is 1. The van der Waals surface area contributed by atoms with Crippen molar-refractivity contribution in [3.05, 3.63) is 23.8 Å². The highest BCUT2D eigenvalue weighted by Crippen LogP contribution is 2.30. The minimum absolute atomic E-state index is 0.000862. The lowest BCUT2D eigenvalue weighted by Gasteiger charge is -2.24. The minimum atomic E-state index is -2.98. The van der Waals surface area contributed by atoms with Crippen molar-refractivity contribution < 1.29 is 23.0 Å². The number of amides is 1. The van der Waals surface area contributed by atoms with Crippen molar-refractivity contribution in [1.29, 1.82) is 0 Å². The highest BCUT2D eigenvalue weighted by Gasteiger charge is 2.29. The van der Waals surface area contributed by atoms with Gasteiger partial charge in [-0.3, -0.25) is 4.79 Å². The summed E-state index contributed by atoms with van der Waals surface area (Å²) < 4.78 is 34.1. The molecule has 2 rings (SSSR count). The summed E-state index contributed by atoms with van der Waals surface area (Å²) in [7, 11) is 1.35. The van der Waals surface area contributed by atoms with E-state index in [0.29, 0.717) is 13.1 Å². The van der Waals surface area contributed by atoms with E-state index in [-0.39, 0.29) is 29.0 Å². The average molecular weight is 300 g/mol. The molecule has 0 aromatic heterocycles. The first-order valence-electron chi connectivity index (χ1n) is 6.70. The molecule has 0 saturated carbocycles. The molecule has 1 aliphatic rings. The third-order valence-corrected chi connectivity index (χ3v) is 3.54. The summed E-state index contributed by atoms with van der Waals surface area (Å²) in [4.78, 5) is 14.1. The topological polar surface area (TPSA) is 64.8 Å². The van der Waals surface area contributed by atoms with Crippen LogP contribution in [0.4, 0.5) is 8.78 Å². The number of carbonyl (C=O) groups is 1. The summed E-state index contributed by atoms with van der Waals surface area (Å²) in [5, 5.41) is 0. The molecule has 21 heavy (non-hydrogen) atoms. The third-order valence-electron chi connectivity index (χ3n) is 3.54. The van der Waals surface area contributed by atoms with Crippen LogP contribution in [0.15, 0.2) is 18.2 Å². The lowest BCUT2D eigenvalue weighted by atomic mass is 10.1. The molecule has 5 nitrogen and oxygen atoms in total. The normalized spacial score (nSPS) is 18.1. The fourth-order valence-corrected chi connectivity index (χ4v) is 2.51. The van der Waals surface area contributed by atoms with E-state index in [1.54, 1.807) is 4.90 Å². The first kappa shape index (κ1) is 15.5. The van der Waals surface area contributed by atoms with Gasteiger partial charge in [0.25, 0.3) is 5.91 Å². The average Bonchev–Trinajstić information content (AvgIpc) is 2.94. The van der Waals surface area contributed by atoms with Crippen LogP contribution in [0.3, 0.4) is 0 Å². The lowest BCUT2D eigenvalue weighted by Crippen LogP contribution is -2.39. The van der Waals surface area contributed by atoms with Crippen LogP contribution in [-0.4, -0.2) is 43.7 Å². The number of nitrogens with two attached hydrogens (primary N) is 1. The Morgan fingerprint density at radius 2 is 2.24 bits per heavy atom. The molecule has 1 aromatic rings. The van der Waals surface area contributed by atoms with Crippen molar-refractivity contribution in [2.75, 3.05) is 20.2 Å². The van der Waals surface area contributed by atoms with Crippen molar-refractivity contribution in [3.63, 3.8) is 0 Å². The molecule has 1 aromatic carbocycles. The van der Waals surface area contributed by atoms with E-state index >= 15 is 0 Å². The van der Waals surface area contributed by atoms with Gasteiger partial charge < -0.3 is 20.1 Å². The lowest BCUT2D eigenvalue weighted by molar-refractivity contribution is -0.0512. The molecule has 1 fully saturated rings. The summed E-state index contributed by atoms with van der Waals surface area (Å²) in [5.74, 6) is -0.227. The first-order chi connectivity index (χ1) is 10.1. The summed E-state index contributed by atoms with van der Waals surface area (Å²) >= 11 is 0. The minimum Gasteiger partial charge on any atom is -0.493 e. The number of hydrogen-bond acceptors (Lipinski definition) is 4. The molecule has 7 heteroatoms. The predicted octanol–water partition coefficient (Wildman–Crippen LogP) is 1.86. The van der Waals surface area contributed by atoms with Gasteiger partial charge in [0, 0.05) is 24.7 Å². The molecular formula is C14H18F2N2O3. The van der Waals surface area contributed by atoms with E-state index in [2.05, 4.69) is 4.74 Å². The van der Waals surface area contributed by atoms with Crippen molar-refractivity contribution in [2.45, 2.75) is 25.5 Å². The Hall–Kier alpha value is -1.89. The second kappa shape index (κ2) is 6.71. The molecule has 1 heterocycles. The quantitative estimate of drug-likeness (QED) is 0.901. The highest BCUT2D eigenvalue weighted by molar-refractivity contribution is 5.95. The van der Waals surface area contributed by atoms with Crippen molar-refractivity contribution in [1.82, 2.24) is 4.90 Å². The fraction of sp³-hybridized carbons (Fsp3) is 0.500. The number of methoxy groups -OCH3 is 1. The van der Waals surface area contributed by atoms with Crippen LogP contribution in [-0.2, 0) is 0 Å². The monoisotopic (exact) mass is 300 g/mol. The van der Waals surface area contributed by atoms with E-state index in [0.717, 1.165) is 12.8 Å². The standard InChI is InChI=1S/C14H18F2N2O3/c1-20-11-5-4-9(7-12(11)21-14(15)16)13(19)18-6-2-3-10(18)8-17/h4-5,7,10,14H,2-3,6,8,17H2,1H3. The number of nitrogens with zero attached hydrogens (tertiary/aromatic N) is 1. The number of alkyl halides is 2. The second-order valence-corrected chi connectivity index (χ2v) is 4.77. The zero-order valence-electron chi connectivity index (χ0n) is 11.7. The van der Waals surface area contributed by atoms with E-state index in [9.17, 15) is 13.6 Å². The zero-order valence-corrected chi connectivity index (χ0v) is 11.7. The first-order valence-corrected chi connectivity index (χ1v) is 6.70. The van der Waals surface area contributed by atoms with Crippen LogP contribution < -0.4 is 15.2 Å². The fourth-order valence-electron chi connectivity index (χ4n) is 2.51. The largest absolute Gasteiger partial charge is 0.493 e. The summed E-state index contributed by atoms with van der Waals surface area (Å²) in [6, 6.07) is 4.25. The van der Waals surface area contributed by atoms with Crippen molar-refractivity contribution in [2.24, 2.45) is 5.73 Å². The van der Waals surface area contributed by atoms with Crippen molar-refractivity contribution >= 4 is 5.91 Å². The Kier molecular flexibility index (Phi) is 4.95. The summed E-state index contributed by atoms with van der Waals surface area (Å²) in [6.07, 6.45) is 1.75. The Morgan fingerprint density at radius 1 is 1.48 bits per heavy atom. The highest BCUT2D eigenvalue weighted by atomic mass is 19.3. The Morgan fingerprint density at radius 3 is 2.86 bits per heavy atom. The van der Waals surface area contributed by atoms with E-state index < -0.39 is 6.61 Å². The molecule has 1 saturated heterocycles. The number of halogens is 2. The van der Waals surface area contributed by atoms with Gasteiger partial charge in [-0.15, -0.1) is 0 Å². The molecule has 0 bridgehead atoms. The maximum Gasteiger partial charge on any atom is 0.387 e. The molecule has 0 spiro atoms. The van der Waals surface area contributed by atoms with Gasteiger partial charge in [-0.25, -0.2) is 0 Å². The number of benzene rings is 1. The van der Waals surface area contributed by atoms with E-state index in [4.69, 9.17) is 10.5 Å². The Balaban J connectivity index is 2.25. The molecule has 1 aliphatic heterocycles. The van der Waals surface area contributed by atoms with Crippen LogP contribution in [0.2, 0.25) is 0 Å². The predicted molar refractivity (Wildman–Crippen MR) is 72.7 cm³/mol. The van der Waals surface area contributed by atoms with E-state index in [1.807, 2.05) is 0 Å². The van der Waals surface area contributed by atoms with Crippen molar-refractivity contribution in [3.8, 4) is 11.5 Å². The molecule has 1 atom stereocenters. The van der Waals surface area contributed by atoms with Gasteiger partial charge in [0.2, 0.25) is 0 Å². The molecular weight excluding hydrogens is 282 g/mol. The van der Waals surface area contributed by atoms with E-state index in [1.165, 1.54) is 25.3 Å². The third kappa shape index (κ3) is 3.41. The number of rotatable bonds is 5. The molecule has 0 radical (unpaired) electrons. The second-order valence-electron chi connectivity index (χ2n) is 4.77. The molecule has 1 amide bonds. The molecule has 2 N–H and O–H groups in total.